The maximum absolute atomic E-state index is 12.9. The second-order valence-electron chi connectivity index (χ2n) is 7.81. The molecular weight excluding hydrogens is 446 g/mol. The van der Waals surface area contributed by atoms with Crippen molar-refractivity contribution in [3.05, 3.63) is 42.5 Å². The van der Waals surface area contributed by atoms with Crippen molar-refractivity contribution in [1.29, 1.82) is 0 Å². The van der Waals surface area contributed by atoms with Crippen molar-refractivity contribution in [2.75, 3.05) is 57.9 Å². The van der Waals surface area contributed by atoms with Gasteiger partial charge in [0.25, 0.3) is 0 Å². The first-order chi connectivity index (χ1) is 16.0. The molecule has 4 rings (SSSR count). The SMILES string of the molecule is CCOc1ccc(S(=O)(=O)N2CCN(CCC(=O)Nc3ccc4c(c3)OCCO4)CC2)cc1. The van der Waals surface area contributed by atoms with Gasteiger partial charge in [-0.15, -0.1) is 0 Å². The predicted molar refractivity (Wildman–Crippen MR) is 123 cm³/mol. The molecule has 2 aromatic rings. The van der Waals surface area contributed by atoms with Gasteiger partial charge in [-0.1, -0.05) is 0 Å². The molecule has 10 heteroatoms. The number of sulfonamides is 1. The Morgan fingerprint density at radius 3 is 2.39 bits per heavy atom. The first-order valence-electron chi connectivity index (χ1n) is 11.1. The van der Waals surface area contributed by atoms with Gasteiger partial charge in [-0.2, -0.15) is 4.31 Å². The van der Waals surface area contributed by atoms with Crippen molar-refractivity contribution in [1.82, 2.24) is 9.21 Å². The molecule has 1 amide bonds. The Morgan fingerprint density at radius 2 is 1.70 bits per heavy atom. The van der Waals surface area contributed by atoms with Crippen LogP contribution in [0.25, 0.3) is 0 Å². The number of hydrogen-bond acceptors (Lipinski definition) is 7. The van der Waals surface area contributed by atoms with E-state index in [9.17, 15) is 13.2 Å². The fourth-order valence-electron chi connectivity index (χ4n) is 3.82. The van der Waals surface area contributed by atoms with E-state index in [0.717, 1.165) is 0 Å². The molecule has 33 heavy (non-hydrogen) atoms. The Bertz CT molecular complexity index is 1070. The zero-order chi connectivity index (χ0) is 23.3. The maximum atomic E-state index is 12.9. The monoisotopic (exact) mass is 475 g/mol. The molecule has 0 bridgehead atoms. The van der Waals surface area contributed by atoms with Crippen molar-refractivity contribution in [3.63, 3.8) is 0 Å². The summed E-state index contributed by atoms with van der Waals surface area (Å²) in [5.74, 6) is 1.85. The summed E-state index contributed by atoms with van der Waals surface area (Å²) in [5.41, 5.74) is 0.663. The highest BCUT2D eigenvalue weighted by molar-refractivity contribution is 7.89. The number of anilines is 1. The molecule has 2 aromatic carbocycles. The van der Waals surface area contributed by atoms with Crippen molar-refractivity contribution in [2.45, 2.75) is 18.2 Å². The summed E-state index contributed by atoms with van der Waals surface area (Å²) >= 11 is 0. The number of ether oxygens (including phenoxy) is 3. The molecule has 9 nitrogen and oxygen atoms in total. The van der Waals surface area contributed by atoms with E-state index in [1.807, 2.05) is 6.92 Å². The van der Waals surface area contributed by atoms with Gasteiger partial charge in [0.1, 0.15) is 19.0 Å². The van der Waals surface area contributed by atoms with Gasteiger partial charge < -0.3 is 24.4 Å². The molecule has 0 spiro atoms. The van der Waals surface area contributed by atoms with E-state index in [1.54, 1.807) is 42.5 Å². The lowest BCUT2D eigenvalue weighted by Crippen LogP contribution is -2.49. The number of carbonyl (C=O) groups is 1. The number of piperazine rings is 1. The molecule has 0 unspecified atom stereocenters. The average molecular weight is 476 g/mol. The van der Waals surface area contributed by atoms with Crippen LogP contribution in [-0.2, 0) is 14.8 Å². The van der Waals surface area contributed by atoms with Crippen LogP contribution in [0.3, 0.4) is 0 Å². The molecule has 1 fully saturated rings. The smallest absolute Gasteiger partial charge is 0.243 e. The second-order valence-corrected chi connectivity index (χ2v) is 9.74. The van der Waals surface area contributed by atoms with Crippen molar-refractivity contribution in [2.24, 2.45) is 0 Å². The highest BCUT2D eigenvalue weighted by Gasteiger charge is 2.28. The summed E-state index contributed by atoms with van der Waals surface area (Å²) in [4.78, 5) is 14.7. The van der Waals surface area contributed by atoms with Crippen LogP contribution in [0.5, 0.6) is 17.2 Å². The van der Waals surface area contributed by atoms with E-state index in [2.05, 4.69) is 10.2 Å². The molecular formula is C23H29N3O6S. The van der Waals surface area contributed by atoms with Crippen molar-refractivity contribution in [3.8, 4) is 17.2 Å². The van der Waals surface area contributed by atoms with Crippen LogP contribution in [0.4, 0.5) is 5.69 Å². The Hall–Kier alpha value is -2.82. The first-order valence-corrected chi connectivity index (χ1v) is 12.5. The number of benzene rings is 2. The molecule has 178 valence electrons. The van der Waals surface area contributed by atoms with Gasteiger partial charge in [-0.05, 0) is 43.3 Å². The molecule has 2 aliphatic rings. The summed E-state index contributed by atoms with van der Waals surface area (Å²) in [6.07, 6.45) is 0.320. The largest absolute Gasteiger partial charge is 0.494 e. The highest BCUT2D eigenvalue weighted by atomic mass is 32.2. The van der Waals surface area contributed by atoms with Crippen LogP contribution in [0.15, 0.2) is 47.4 Å². The number of hydrogen-bond donors (Lipinski definition) is 1. The highest BCUT2D eigenvalue weighted by Crippen LogP contribution is 2.32. The van der Waals surface area contributed by atoms with Crippen LogP contribution >= 0.6 is 0 Å². The van der Waals surface area contributed by atoms with E-state index < -0.39 is 10.0 Å². The number of rotatable bonds is 8. The number of carbonyl (C=O) groups excluding carboxylic acids is 1. The molecule has 0 saturated carbocycles. The van der Waals surface area contributed by atoms with Gasteiger partial charge in [0.05, 0.1) is 11.5 Å². The minimum atomic E-state index is -3.55. The summed E-state index contributed by atoms with van der Waals surface area (Å²) < 4.78 is 43.7. The van der Waals surface area contributed by atoms with E-state index in [1.165, 1.54) is 4.31 Å². The Kier molecular flexibility index (Phi) is 7.36. The van der Waals surface area contributed by atoms with Crippen LogP contribution in [0, 0.1) is 0 Å². The number of fused-ring (bicyclic) bond motifs is 1. The predicted octanol–water partition coefficient (Wildman–Crippen LogP) is 2.19. The minimum absolute atomic E-state index is 0.101. The van der Waals surface area contributed by atoms with Gasteiger partial charge in [0, 0.05) is 50.9 Å². The Morgan fingerprint density at radius 1 is 1.00 bits per heavy atom. The van der Waals surface area contributed by atoms with Crippen LogP contribution in [0.1, 0.15) is 13.3 Å². The standard InChI is InChI=1S/C23H29N3O6S/c1-2-30-19-4-6-20(7-5-19)33(28,29)26-13-11-25(12-14-26)10-9-23(27)24-18-3-8-21-22(17-18)32-16-15-31-21/h3-8,17H,2,9-16H2,1H3,(H,24,27). The third-order valence-corrected chi connectivity index (χ3v) is 7.50. The minimum Gasteiger partial charge on any atom is -0.494 e. The Balaban J connectivity index is 1.24. The van der Waals surface area contributed by atoms with Crippen molar-refractivity contribution >= 4 is 21.6 Å². The van der Waals surface area contributed by atoms with E-state index in [4.69, 9.17) is 14.2 Å². The second kappa shape index (κ2) is 10.4. The fraction of sp³-hybridized carbons (Fsp3) is 0.435. The number of amides is 1. The van der Waals surface area contributed by atoms with Crippen LogP contribution < -0.4 is 19.5 Å². The summed E-state index contributed by atoms with van der Waals surface area (Å²) in [5, 5.41) is 2.88. The van der Waals surface area contributed by atoms with E-state index in [0.29, 0.717) is 81.9 Å². The third-order valence-electron chi connectivity index (χ3n) is 5.58. The van der Waals surface area contributed by atoms with E-state index >= 15 is 0 Å². The summed E-state index contributed by atoms with van der Waals surface area (Å²) in [6.45, 7) is 5.92. The molecule has 0 radical (unpaired) electrons. The van der Waals surface area contributed by atoms with Crippen molar-refractivity contribution < 1.29 is 27.4 Å². The summed E-state index contributed by atoms with van der Waals surface area (Å²) in [7, 11) is -3.55. The van der Waals surface area contributed by atoms with Crippen LogP contribution in [0.2, 0.25) is 0 Å². The molecule has 2 aliphatic heterocycles. The van der Waals surface area contributed by atoms with Gasteiger partial charge in [0.15, 0.2) is 11.5 Å². The molecule has 0 atom stereocenters. The normalized spacial score (nSPS) is 16.9. The van der Waals surface area contributed by atoms with Gasteiger partial charge in [-0.3, -0.25) is 4.79 Å². The lowest BCUT2D eigenvalue weighted by molar-refractivity contribution is -0.116. The molecule has 1 N–H and O–H groups in total. The zero-order valence-corrected chi connectivity index (χ0v) is 19.5. The van der Waals surface area contributed by atoms with Gasteiger partial charge in [0.2, 0.25) is 15.9 Å². The molecule has 0 aliphatic carbocycles. The van der Waals surface area contributed by atoms with E-state index in [-0.39, 0.29) is 10.8 Å². The molecule has 0 aromatic heterocycles. The number of nitrogens with one attached hydrogen (secondary N) is 1. The third kappa shape index (κ3) is 5.76. The quantitative estimate of drug-likeness (QED) is 0.625. The topological polar surface area (TPSA) is 97.4 Å². The van der Waals surface area contributed by atoms with Gasteiger partial charge in [-0.25, -0.2) is 8.42 Å². The van der Waals surface area contributed by atoms with Gasteiger partial charge >= 0.3 is 0 Å². The molecule has 1 saturated heterocycles. The number of nitrogens with zero attached hydrogens (tertiary/aromatic N) is 2. The Labute approximate surface area is 194 Å². The maximum Gasteiger partial charge on any atom is 0.243 e. The lowest BCUT2D eigenvalue weighted by Gasteiger charge is -2.33. The summed E-state index contributed by atoms with van der Waals surface area (Å²) in [6, 6.07) is 11.8. The first kappa shape index (κ1) is 23.3. The molecule has 2 heterocycles. The zero-order valence-electron chi connectivity index (χ0n) is 18.7. The fourth-order valence-corrected chi connectivity index (χ4v) is 5.24. The van der Waals surface area contributed by atoms with Crippen LogP contribution in [-0.4, -0.2) is 76.1 Å². The average Bonchev–Trinajstić information content (AvgIpc) is 2.83. The lowest BCUT2D eigenvalue weighted by atomic mass is 10.2.